The summed E-state index contributed by atoms with van der Waals surface area (Å²) < 4.78 is 0. The summed E-state index contributed by atoms with van der Waals surface area (Å²) in [6.45, 7) is 2.23. The maximum Gasteiger partial charge on any atom is 0.149 e. The number of hydrogen-bond donors (Lipinski definition) is 2. The third-order valence-electron chi connectivity index (χ3n) is 4.62. The fourth-order valence-electron chi connectivity index (χ4n) is 3.33. The average molecular weight is 375 g/mol. The number of amidine groups is 1. The second kappa shape index (κ2) is 6.78. The van der Waals surface area contributed by atoms with Gasteiger partial charge in [0.05, 0.1) is 17.8 Å². The molecule has 5 nitrogen and oxygen atoms in total. The van der Waals surface area contributed by atoms with E-state index in [1.54, 1.807) is 0 Å². The molecule has 0 amide bonds. The van der Waals surface area contributed by atoms with Crippen LogP contribution in [0, 0.1) is 5.41 Å². The molecule has 7 heteroatoms. The van der Waals surface area contributed by atoms with Crippen LogP contribution in [0.1, 0.15) is 24.3 Å². The van der Waals surface area contributed by atoms with E-state index in [0.717, 1.165) is 37.2 Å². The molecule has 0 aliphatic carbocycles. The standard InChI is InChI=1S/C18H19ClN4OS/c19-13-7-3-2-6-12(13)14-11-25-18(21-14)16-15(24)10-23(17(16)20)22-8-4-1-5-9-22/h2-3,6-7,11,20,24H,1,4-5,8-10H2. The summed E-state index contributed by atoms with van der Waals surface area (Å²) in [6.07, 6.45) is 3.50. The van der Waals surface area contributed by atoms with Gasteiger partial charge in [-0.25, -0.2) is 9.99 Å². The van der Waals surface area contributed by atoms with Gasteiger partial charge in [0.15, 0.2) is 0 Å². The lowest BCUT2D eigenvalue weighted by molar-refractivity contribution is 0.0312. The highest BCUT2D eigenvalue weighted by atomic mass is 35.5. The lowest BCUT2D eigenvalue weighted by atomic mass is 10.1. The number of piperidine rings is 1. The Kier molecular flexibility index (Phi) is 4.50. The van der Waals surface area contributed by atoms with E-state index in [4.69, 9.17) is 17.0 Å². The molecule has 25 heavy (non-hydrogen) atoms. The summed E-state index contributed by atoms with van der Waals surface area (Å²) >= 11 is 7.69. The minimum absolute atomic E-state index is 0.218. The fourth-order valence-corrected chi connectivity index (χ4v) is 4.45. The molecular weight excluding hydrogens is 356 g/mol. The summed E-state index contributed by atoms with van der Waals surface area (Å²) in [6, 6.07) is 7.57. The van der Waals surface area contributed by atoms with Crippen LogP contribution in [0.3, 0.4) is 0 Å². The van der Waals surface area contributed by atoms with Crippen molar-refractivity contribution in [1.82, 2.24) is 15.0 Å². The molecule has 0 unspecified atom stereocenters. The highest BCUT2D eigenvalue weighted by molar-refractivity contribution is 7.11. The summed E-state index contributed by atoms with van der Waals surface area (Å²) in [5, 5.41) is 26.3. The number of hydrogen-bond acceptors (Lipinski definition) is 5. The molecule has 2 aliphatic rings. The SMILES string of the molecule is N=C1C(c2nc(-c3ccccc3Cl)cs2)=C(O)CN1N1CCCCC1. The Morgan fingerprint density at radius 3 is 2.68 bits per heavy atom. The number of halogens is 1. The summed E-state index contributed by atoms with van der Waals surface area (Å²) in [5.41, 5.74) is 2.17. The van der Waals surface area contributed by atoms with E-state index < -0.39 is 0 Å². The van der Waals surface area contributed by atoms with Crippen LogP contribution < -0.4 is 0 Å². The second-order valence-electron chi connectivity index (χ2n) is 6.26. The predicted octanol–water partition coefficient (Wildman–Crippen LogP) is 4.43. The maximum absolute atomic E-state index is 10.5. The van der Waals surface area contributed by atoms with Gasteiger partial charge >= 0.3 is 0 Å². The molecule has 2 aliphatic heterocycles. The van der Waals surface area contributed by atoms with Crippen molar-refractivity contribution in [2.24, 2.45) is 0 Å². The normalized spacial score (nSPS) is 19.1. The largest absolute Gasteiger partial charge is 0.509 e. The molecule has 0 radical (unpaired) electrons. The van der Waals surface area contributed by atoms with Crippen molar-refractivity contribution in [2.75, 3.05) is 19.6 Å². The van der Waals surface area contributed by atoms with E-state index in [2.05, 4.69) is 9.99 Å². The lowest BCUT2D eigenvalue weighted by Gasteiger charge is -2.35. The highest BCUT2D eigenvalue weighted by Gasteiger charge is 2.34. The molecule has 1 saturated heterocycles. The molecule has 0 bridgehead atoms. The van der Waals surface area contributed by atoms with Crippen LogP contribution in [-0.4, -0.2) is 45.6 Å². The van der Waals surface area contributed by atoms with E-state index >= 15 is 0 Å². The van der Waals surface area contributed by atoms with E-state index in [1.165, 1.54) is 17.8 Å². The monoisotopic (exact) mass is 374 g/mol. The van der Waals surface area contributed by atoms with Crippen molar-refractivity contribution >= 4 is 34.3 Å². The van der Waals surface area contributed by atoms with Crippen molar-refractivity contribution < 1.29 is 5.11 Å². The van der Waals surface area contributed by atoms with Gasteiger partial charge in [-0.1, -0.05) is 36.2 Å². The zero-order chi connectivity index (χ0) is 17.4. The van der Waals surface area contributed by atoms with E-state index in [9.17, 15) is 5.11 Å². The van der Waals surface area contributed by atoms with Gasteiger partial charge < -0.3 is 5.11 Å². The molecule has 1 fully saturated rings. The molecule has 0 atom stereocenters. The maximum atomic E-state index is 10.5. The number of benzene rings is 1. The van der Waals surface area contributed by atoms with Crippen LogP contribution in [-0.2, 0) is 0 Å². The number of rotatable bonds is 3. The molecule has 3 heterocycles. The number of hydrazine groups is 1. The first-order valence-corrected chi connectivity index (χ1v) is 9.65. The predicted molar refractivity (Wildman–Crippen MR) is 102 cm³/mol. The van der Waals surface area contributed by atoms with Crippen LogP contribution >= 0.6 is 22.9 Å². The summed E-state index contributed by atoms with van der Waals surface area (Å²) in [4.78, 5) is 4.63. The minimum Gasteiger partial charge on any atom is -0.509 e. The first-order valence-electron chi connectivity index (χ1n) is 8.39. The quantitative estimate of drug-likeness (QED) is 0.834. The Balaban J connectivity index is 1.61. The number of aliphatic hydroxyl groups is 1. The van der Waals surface area contributed by atoms with Crippen LogP contribution in [0.4, 0.5) is 0 Å². The Labute approximate surface area is 155 Å². The Morgan fingerprint density at radius 2 is 1.92 bits per heavy atom. The second-order valence-corrected chi connectivity index (χ2v) is 7.53. The number of nitrogens with zero attached hydrogens (tertiary/aromatic N) is 3. The van der Waals surface area contributed by atoms with Crippen molar-refractivity contribution in [2.45, 2.75) is 19.3 Å². The molecule has 130 valence electrons. The molecular formula is C18H19ClN4OS. The minimum atomic E-state index is 0.218. The van der Waals surface area contributed by atoms with Gasteiger partial charge in [-0.3, -0.25) is 10.4 Å². The Bertz CT molecular complexity index is 841. The van der Waals surface area contributed by atoms with Crippen molar-refractivity contribution in [3.63, 3.8) is 0 Å². The van der Waals surface area contributed by atoms with Gasteiger partial charge in [0.1, 0.15) is 16.6 Å². The van der Waals surface area contributed by atoms with Gasteiger partial charge in [-0.2, -0.15) is 0 Å². The molecule has 1 aromatic heterocycles. The van der Waals surface area contributed by atoms with Gasteiger partial charge in [0, 0.05) is 29.1 Å². The van der Waals surface area contributed by atoms with Gasteiger partial charge in [0.2, 0.25) is 0 Å². The van der Waals surface area contributed by atoms with Gasteiger partial charge in [-0.15, -0.1) is 11.3 Å². The fraction of sp³-hybridized carbons (Fsp3) is 0.333. The van der Waals surface area contributed by atoms with Gasteiger partial charge in [0.25, 0.3) is 0 Å². The molecule has 1 aromatic carbocycles. The summed E-state index contributed by atoms with van der Waals surface area (Å²) in [7, 11) is 0. The third kappa shape index (κ3) is 3.05. The molecule has 2 N–H and O–H groups in total. The third-order valence-corrected chi connectivity index (χ3v) is 5.81. The molecule has 0 spiro atoms. The summed E-state index contributed by atoms with van der Waals surface area (Å²) in [5.74, 6) is 0.551. The van der Waals surface area contributed by atoms with E-state index in [-0.39, 0.29) is 5.76 Å². The number of thiazole rings is 1. The Morgan fingerprint density at radius 1 is 1.16 bits per heavy atom. The van der Waals surface area contributed by atoms with E-state index in [0.29, 0.717) is 28.0 Å². The van der Waals surface area contributed by atoms with Crippen molar-refractivity contribution in [3.05, 3.63) is 45.4 Å². The van der Waals surface area contributed by atoms with Crippen LogP contribution in [0.15, 0.2) is 35.4 Å². The lowest BCUT2D eigenvalue weighted by Crippen LogP contribution is -2.46. The van der Waals surface area contributed by atoms with E-state index in [1.807, 2.05) is 34.7 Å². The zero-order valence-electron chi connectivity index (χ0n) is 13.7. The number of nitrogens with one attached hydrogen (secondary N) is 1. The topological polar surface area (TPSA) is 63.5 Å². The molecule has 0 saturated carbocycles. The molecule has 2 aromatic rings. The van der Waals surface area contributed by atoms with Crippen LogP contribution in [0.2, 0.25) is 5.02 Å². The van der Waals surface area contributed by atoms with Crippen molar-refractivity contribution in [1.29, 1.82) is 5.41 Å². The number of aliphatic hydroxyl groups excluding tert-OH is 1. The van der Waals surface area contributed by atoms with Crippen LogP contribution in [0.25, 0.3) is 16.8 Å². The highest BCUT2D eigenvalue weighted by Crippen LogP contribution is 2.35. The van der Waals surface area contributed by atoms with Crippen LogP contribution in [0.5, 0.6) is 0 Å². The molecule has 4 rings (SSSR count). The van der Waals surface area contributed by atoms with Crippen molar-refractivity contribution in [3.8, 4) is 11.3 Å². The van der Waals surface area contributed by atoms with Gasteiger partial charge in [-0.05, 0) is 18.9 Å². The first kappa shape index (κ1) is 16.6. The smallest absolute Gasteiger partial charge is 0.149 e. The zero-order valence-corrected chi connectivity index (χ0v) is 15.3. The number of aromatic nitrogens is 1. The Hall–Kier alpha value is -1.89. The first-order chi connectivity index (χ1) is 12.1. The average Bonchev–Trinajstić information content (AvgIpc) is 3.20.